The van der Waals surface area contributed by atoms with Crippen LogP contribution in [0.25, 0.3) is 0 Å². The number of halogens is 1. The van der Waals surface area contributed by atoms with E-state index in [4.69, 9.17) is 18.9 Å². The molecule has 1 saturated heterocycles. The summed E-state index contributed by atoms with van der Waals surface area (Å²) in [6.07, 6.45) is -2.21. The molecule has 130 valence electrons. The monoisotopic (exact) mass is 460 g/mol. The highest BCUT2D eigenvalue weighted by atomic mass is 127. The summed E-state index contributed by atoms with van der Waals surface area (Å²) in [7, 11) is 1.20. The molecule has 0 aromatic heterocycles. The second-order valence-electron chi connectivity index (χ2n) is 4.80. The number of carbonyl (C=O) groups is 4. The zero-order chi connectivity index (χ0) is 17.6. The smallest absolute Gasteiger partial charge is 0.303 e. The minimum atomic E-state index is -1.02. The van der Waals surface area contributed by atoms with E-state index in [1.807, 2.05) is 21.2 Å². The van der Waals surface area contributed by atoms with Crippen molar-refractivity contribution in [3.63, 3.8) is 0 Å². The van der Waals surface area contributed by atoms with E-state index in [9.17, 15) is 19.2 Å². The van der Waals surface area contributed by atoms with Crippen molar-refractivity contribution in [1.29, 1.82) is 0 Å². The van der Waals surface area contributed by atoms with Crippen molar-refractivity contribution in [2.24, 2.45) is 5.92 Å². The molecule has 0 aliphatic carbocycles. The highest BCUT2D eigenvalue weighted by Crippen LogP contribution is 2.37. The molecule has 1 aliphatic rings. The van der Waals surface area contributed by atoms with Gasteiger partial charge < -0.3 is 23.7 Å². The number of esters is 3. The van der Waals surface area contributed by atoms with E-state index in [-0.39, 0.29) is 6.61 Å². The Labute approximate surface area is 149 Å². The van der Waals surface area contributed by atoms with E-state index in [2.05, 4.69) is 0 Å². The summed E-state index contributed by atoms with van der Waals surface area (Å²) in [5.41, 5.74) is -0.665. The SMILES string of the molecule is CC(=O)OCC1O[C@@H](SI)C(OC(C)=O)C(C=O)[C@@H]1OC(C)=O. The first-order valence-corrected chi connectivity index (χ1v) is 10.1. The fraction of sp³-hybridized carbons (Fsp3) is 0.692. The van der Waals surface area contributed by atoms with E-state index in [0.717, 1.165) is 0 Å². The van der Waals surface area contributed by atoms with Gasteiger partial charge in [-0.2, -0.15) is 0 Å². The molecule has 0 amide bonds. The minimum absolute atomic E-state index is 0.182. The van der Waals surface area contributed by atoms with Gasteiger partial charge in [0.2, 0.25) is 0 Å². The van der Waals surface area contributed by atoms with Gasteiger partial charge in [0, 0.05) is 20.8 Å². The molecule has 3 unspecified atom stereocenters. The first-order valence-electron chi connectivity index (χ1n) is 6.66. The normalized spacial score (nSPS) is 30.2. The quantitative estimate of drug-likeness (QED) is 0.249. The Morgan fingerprint density at radius 1 is 1.09 bits per heavy atom. The van der Waals surface area contributed by atoms with Gasteiger partial charge in [-0.3, -0.25) is 14.4 Å². The molecule has 23 heavy (non-hydrogen) atoms. The third-order valence-corrected chi connectivity index (χ3v) is 5.06. The van der Waals surface area contributed by atoms with E-state index < -0.39 is 47.6 Å². The van der Waals surface area contributed by atoms with Crippen LogP contribution in [-0.2, 0) is 38.1 Å². The molecule has 1 fully saturated rings. The van der Waals surface area contributed by atoms with Crippen molar-refractivity contribution >= 4 is 54.3 Å². The molecule has 0 N–H and O–H groups in total. The fourth-order valence-electron chi connectivity index (χ4n) is 2.18. The zero-order valence-electron chi connectivity index (χ0n) is 12.7. The predicted octanol–water partition coefficient (Wildman–Crippen LogP) is 1.04. The molecule has 0 saturated carbocycles. The summed E-state index contributed by atoms with van der Waals surface area (Å²) in [4.78, 5) is 45.1. The van der Waals surface area contributed by atoms with Crippen LogP contribution in [0.2, 0.25) is 0 Å². The topological polar surface area (TPSA) is 105 Å². The molecule has 1 heterocycles. The molecule has 10 heteroatoms. The van der Waals surface area contributed by atoms with Crippen molar-refractivity contribution in [3.05, 3.63) is 0 Å². The van der Waals surface area contributed by atoms with Crippen LogP contribution in [0, 0.1) is 5.92 Å². The number of hydrogen-bond donors (Lipinski definition) is 0. The van der Waals surface area contributed by atoms with Crippen molar-refractivity contribution in [1.82, 2.24) is 0 Å². The van der Waals surface area contributed by atoms with Crippen molar-refractivity contribution in [2.75, 3.05) is 6.61 Å². The third kappa shape index (κ3) is 5.92. The Kier molecular flexibility index (Phi) is 8.26. The first-order chi connectivity index (χ1) is 10.8. The molecular weight excluding hydrogens is 443 g/mol. The molecule has 0 aromatic carbocycles. The van der Waals surface area contributed by atoms with Gasteiger partial charge in [0.1, 0.15) is 25.1 Å². The van der Waals surface area contributed by atoms with Gasteiger partial charge in [-0.1, -0.05) is 8.93 Å². The maximum Gasteiger partial charge on any atom is 0.303 e. The average molecular weight is 460 g/mol. The Bertz CT molecular complexity index is 471. The van der Waals surface area contributed by atoms with Gasteiger partial charge in [-0.25, -0.2) is 0 Å². The van der Waals surface area contributed by atoms with Crippen LogP contribution in [0.3, 0.4) is 0 Å². The molecule has 1 rings (SSSR count). The van der Waals surface area contributed by atoms with Gasteiger partial charge in [0.15, 0.2) is 11.5 Å². The van der Waals surface area contributed by atoms with Crippen LogP contribution in [-0.4, -0.2) is 54.5 Å². The lowest BCUT2D eigenvalue weighted by atomic mass is 9.90. The molecular formula is C13H17IO8S. The van der Waals surface area contributed by atoms with Crippen molar-refractivity contribution in [2.45, 2.75) is 44.5 Å². The standard InChI is InChI=1S/C13H17IO8S/c1-6(16)19-5-10-11(20-7(2)17)9(4-15)12(21-8(3)18)13(22-10)23-14/h4,9-13H,5H2,1-3H3/t9?,10?,11-,12?,13-/m0/s1. The Hall–Kier alpha value is -0.880. The number of ether oxygens (including phenoxy) is 4. The van der Waals surface area contributed by atoms with Gasteiger partial charge in [0.05, 0.1) is 5.92 Å². The number of hydrogen-bond acceptors (Lipinski definition) is 9. The Morgan fingerprint density at radius 3 is 2.09 bits per heavy atom. The van der Waals surface area contributed by atoms with Crippen LogP contribution in [0.4, 0.5) is 0 Å². The van der Waals surface area contributed by atoms with Crippen molar-refractivity contribution in [3.8, 4) is 0 Å². The number of aldehydes is 1. The van der Waals surface area contributed by atoms with Crippen LogP contribution < -0.4 is 0 Å². The maximum atomic E-state index is 11.5. The van der Waals surface area contributed by atoms with E-state index in [1.54, 1.807) is 0 Å². The number of carbonyl (C=O) groups excluding carboxylic acids is 4. The molecule has 0 aromatic rings. The highest BCUT2D eigenvalue weighted by molar-refractivity contribution is 14.2. The van der Waals surface area contributed by atoms with E-state index >= 15 is 0 Å². The van der Waals surface area contributed by atoms with Gasteiger partial charge >= 0.3 is 17.9 Å². The summed E-state index contributed by atoms with van der Waals surface area (Å²) < 4.78 is 20.9. The summed E-state index contributed by atoms with van der Waals surface area (Å²) in [5, 5.41) is 0. The number of rotatable bonds is 6. The summed E-state index contributed by atoms with van der Waals surface area (Å²) in [6.45, 7) is 3.44. The highest BCUT2D eigenvalue weighted by Gasteiger charge is 2.50. The second-order valence-corrected chi connectivity index (χ2v) is 6.96. The average Bonchev–Trinajstić information content (AvgIpc) is 2.45. The van der Waals surface area contributed by atoms with E-state index in [1.165, 1.54) is 29.7 Å². The lowest BCUT2D eigenvalue weighted by Crippen LogP contribution is -2.57. The summed E-state index contributed by atoms with van der Waals surface area (Å²) in [5.74, 6) is -2.66. The second kappa shape index (κ2) is 9.42. The molecule has 0 bridgehead atoms. The first kappa shape index (κ1) is 20.2. The van der Waals surface area contributed by atoms with E-state index in [0.29, 0.717) is 6.29 Å². The lowest BCUT2D eigenvalue weighted by molar-refractivity contribution is -0.210. The molecule has 8 nitrogen and oxygen atoms in total. The molecule has 1 aliphatic heterocycles. The largest absolute Gasteiger partial charge is 0.463 e. The van der Waals surface area contributed by atoms with Crippen LogP contribution in [0.5, 0.6) is 0 Å². The van der Waals surface area contributed by atoms with Crippen LogP contribution >= 0.6 is 30.1 Å². The lowest BCUT2D eigenvalue weighted by Gasteiger charge is -2.42. The molecule has 0 spiro atoms. The van der Waals surface area contributed by atoms with Gasteiger partial charge in [-0.15, -0.1) is 0 Å². The summed E-state index contributed by atoms with van der Waals surface area (Å²) >= 11 is 1.95. The Balaban J connectivity index is 3.06. The predicted molar refractivity (Wildman–Crippen MR) is 87.6 cm³/mol. The fourth-order valence-corrected chi connectivity index (χ4v) is 3.93. The third-order valence-electron chi connectivity index (χ3n) is 3.00. The molecule has 0 radical (unpaired) electrons. The van der Waals surface area contributed by atoms with Crippen molar-refractivity contribution < 1.29 is 38.1 Å². The van der Waals surface area contributed by atoms with Gasteiger partial charge in [-0.05, 0) is 21.2 Å². The summed E-state index contributed by atoms with van der Waals surface area (Å²) in [6, 6.07) is 0. The Morgan fingerprint density at radius 2 is 1.65 bits per heavy atom. The molecule has 5 atom stereocenters. The van der Waals surface area contributed by atoms with Crippen LogP contribution in [0.15, 0.2) is 0 Å². The zero-order valence-corrected chi connectivity index (χ0v) is 15.7. The minimum Gasteiger partial charge on any atom is -0.463 e. The maximum absolute atomic E-state index is 11.5. The van der Waals surface area contributed by atoms with Crippen LogP contribution in [0.1, 0.15) is 20.8 Å². The van der Waals surface area contributed by atoms with Gasteiger partial charge in [0.25, 0.3) is 0 Å².